The van der Waals surface area contributed by atoms with Gasteiger partial charge in [-0.2, -0.15) is 0 Å². The van der Waals surface area contributed by atoms with Crippen LogP contribution in [0.2, 0.25) is 5.02 Å². The van der Waals surface area contributed by atoms with E-state index in [2.05, 4.69) is 15.0 Å². The van der Waals surface area contributed by atoms with Gasteiger partial charge in [-0.3, -0.25) is 0 Å². The summed E-state index contributed by atoms with van der Waals surface area (Å²) in [6.45, 7) is 2.01. The zero-order valence-electron chi connectivity index (χ0n) is 10.6. The molecule has 0 radical (unpaired) electrons. The molecule has 0 fully saturated rings. The molecule has 0 atom stereocenters. The molecule has 0 saturated carbocycles. The lowest BCUT2D eigenvalue weighted by Crippen LogP contribution is -2.03. The van der Waals surface area contributed by atoms with Gasteiger partial charge in [0.2, 0.25) is 0 Å². The van der Waals surface area contributed by atoms with Crippen LogP contribution in [0.3, 0.4) is 0 Å². The Balaban J connectivity index is 2.22. The van der Waals surface area contributed by atoms with E-state index in [0.717, 1.165) is 5.69 Å². The number of hydrogen-bond donors (Lipinski definition) is 1. The van der Waals surface area contributed by atoms with Gasteiger partial charge in [0.15, 0.2) is 0 Å². The van der Waals surface area contributed by atoms with E-state index in [0.29, 0.717) is 16.4 Å². The first-order chi connectivity index (χ1) is 9.10. The van der Waals surface area contributed by atoms with E-state index in [1.807, 2.05) is 31.2 Å². The van der Waals surface area contributed by atoms with Gasteiger partial charge in [-0.25, -0.2) is 9.78 Å². The highest BCUT2D eigenvalue weighted by molar-refractivity contribution is 6.33. The second-order valence-electron chi connectivity index (χ2n) is 4.04. The number of ether oxygens (including phenoxy) is 1. The van der Waals surface area contributed by atoms with Crippen LogP contribution in [0.5, 0.6) is 0 Å². The van der Waals surface area contributed by atoms with Crippen molar-refractivity contribution in [2.45, 2.75) is 6.92 Å². The van der Waals surface area contributed by atoms with Gasteiger partial charge in [0, 0.05) is 11.9 Å². The van der Waals surface area contributed by atoms with Crippen molar-refractivity contribution in [2.75, 3.05) is 12.4 Å². The number of anilines is 2. The predicted molar refractivity (Wildman–Crippen MR) is 75.0 cm³/mol. The van der Waals surface area contributed by atoms with Crippen LogP contribution in [-0.4, -0.2) is 18.1 Å². The molecule has 0 aliphatic carbocycles. The van der Waals surface area contributed by atoms with Crippen molar-refractivity contribution in [3.63, 3.8) is 0 Å². The Morgan fingerprint density at radius 2 is 2.00 bits per heavy atom. The smallest absolute Gasteiger partial charge is 0.339 e. The highest BCUT2D eigenvalue weighted by atomic mass is 35.5. The average molecular weight is 277 g/mol. The number of methoxy groups -OCH3 is 1. The Morgan fingerprint density at radius 3 is 2.58 bits per heavy atom. The first-order valence-corrected chi connectivity index (χ1v) is 6.05. The number of pyridine rings is 1. The molecule has 0 spiro atoms. The van der Waals surface area contributed by atoms with Crippen molar-refractivity contribution in [1.29, 1.82) is 0 Å². The fourth-order valence-corrected chi connectivity index (χ4v) is 1.75. The zero-order valence-corrected chi connectivity index (χ0v) is 11.4. The Bertz CT molecular complexity index is 597. The fourth-order valence-electron chi connectivity index (χ4n) is 1.53. The van der Waals surface area contributed by atoms with Crippen LogP contribution in [0.25, 0.3) is 0 Å². The van der Waals surface area contributed by atoms with Crippen molar-refractivity contribution in [2.24, 2.45) is 0 Å². The molecule has 19 heavy (non-hydrogen) atoms. The highest BCUT2D eigenvalue weighted by Gasteiger charge is 2.10. The summed E-state index contributed by atoms with van der Waals surface area (Å²) in [5, 5.41) is 3.45. The standard InChI is InChI=1S/C14H13ClN2O2/c1-9-3-5-11(6-4-9)17-13-12(15)7-10(8-16-13)14(18)19-2/h3-8H,1-2H3,(H,16,17). The van der Waals surface area contributed by atoms with E-state index >= 15 is 0 Å². The van der Waals surface area contributed by atoms with Crippen molar-refractivity contribution >= 4 is 29.1 Å². The quantitative estimate of drug-likeness (QED) is 0.871. The summed E-state index contributed by atoms with van der Waals surface area (Å²) in [5.74, 6) is 0.0365. The molecule has 0 bridgehead atoms. The van der Waals surface area contributed by atoms with Gasteiger partial charge in [0.1, 0.15) is 5.82 Å². The highest BCUT2D eigenvalue weighted by Crippen LogP contribution is 2.24. The maximum Gasteiger partial charge on any atom is 0.339 e. The average Bonchev–Trinajstić information content (AvgIpc) is 2.42. The number of carbonyl (C=O) groups excluding carboxylic acids is 1. The van der Waals surface area contributed by atoms with E-state index in [1.165, 1.54) is 24.9 Å². The molecule has 0 unspecified atom stereocenters. The van der Waals surface area contributed by atoms with Crippen molar-refractivity contribution in [3.05, 3.63) is 52.7 Å². The molecule has 4 nitrogen and oxygen atoms in total. The maximum atomic E-state index is 11.3. The van der Waals surface area contributed by atoms with Crippen LogP contribution < -0.4 is 5.32 Å². The monoisotopic (exact) mass is 276 g/mol. The minimum absolute atomic E-state index is 0.321. The van der Waals surface area contributed by atoms with Crippen LogP contribution in [-0.2, 0) is 4.74 Å². The van der Waals surface area contributed by atoms with Crippen LogP contribution in [0.4, 0.5) is 11.5 Å². The van der Waals surface area contributed by atoms with E-state index < -0.39 is 5.97 Å². The summed E-state index contributed by atoms with van der Waals surface area (Å²) in [6, 6.07) is 9.36. The third kappa shape index (κ3) is 3.23. The lowest BCUT2D eigenvalue weighted by atomic mass is 10.2. The van der Waals surface area contributed by atoms with Crippen molar-refractivity contribution < 1.29 is 9.53 Å². The topological polar surface area (TPSA) is 51.2 Å². The Hall–Kier alpha value is -2.07. The summed E-state index contributed by atoms with van der Waals surface area (Å²) < 4.78 is 4.60. The second kappa shape index (κ2) is 5.71. The van der Waals surface area contributed by atoms with E-state index in [4.69, 9.17) is 11.6 Å². The number of hydrogen-bond acceptors (Lipinski definition) is 4. The van der Waals surface area contributed by atoms with Gasteiger partial charge < -0.3 is 10.1 Å². The lowest BCUT2D eigenvalue weighted by molar-refractivity contribution is 0.0600. The fraction of sp³-hybridized carbons (Fsp3) is 0.143. The molecule has 1 aromatic heterocycles. The number of benzene rings is 1. The van der Waals surface area contributed by atoms with E-state index in [1.54, 1.807) is 0 Å². The Morgan fingerprint density at radius 1 is 1.32 bits per heavy atom. The second-order valence-corrected chi connectivity index (χ2v) is 4.44. The molecule has 1 aromatic carbocycles. The first-order valence-electron chi connectivity index (χ1n) is 5.67. The van der Waals surface area contributed by atoms with Crippen LogP contribution in [0.1, 0.15) is 15.9 Å². The summed E-state index contributed by atoms with van der Waals surface area (Å²) in [5.41, 5.74) is 2.37. The van der Waals surface area contributed by atoms with Crippen molar-refractivity contribution in [1.82, 2.24) is 4.98 Å². The summed E-state index contributed by atoms with van der Waals surface area (Å²) in [6.07, 6.45) is 1.42. The minimum Gasteiger partial charge on any atom is -0.465 e. The number of nitrogens with zero attached hydrogens (tertiary/aromatic N) is 1. The summed E-state index contributed by atoms with van der Waals surface area (Å²) in [4.78, 5) is 15.5. The SMILES string of the molecule is COC(=O)c1cnc(Nc2ccc(C)cc2)c(Cl)c1. The molecule has 0 saturated heterocycles. The number of aryl methyl sites for hydroxylation is 1. The number of esters is 1. The molecule has 2 aromatic rings. The van der Waals surface area contributed by atoms with E-state index in [9.17, 15) is 4.79 Å². The molecular weight excluding hydrogens is 264 g/mol. The Labute approximate surface area is 116 Å². The molecule has 0 aliphatic heterocycles. The molecule has 5 heteroatoms. The van der Waals surface area contributed by atoms with Crippen LogP contribution in [0, 0.1) is 6.92 Å². The van der Waals surface area contributed by atoms with Crippen LogP contribution in [0.15, 0.2) is 36.5 Å². The third-order valence-corrected chi connectivity index (χ3v) is 2.86. The zero-order chi connectivity index (χ0) is 13.8. The lowest BCUT2D eigenvalue weighted by Gasteiger charge is -2.08. The molecule has 1 N–H and O–H groups in total. The maximum absolute atomic E-state index is 11.3. The summed E-state index contributed by atoms with van der Waals surface area (Å²) >= 11 is 6.08. The molecule has 0 amide bonds. The van der Waals surface area contributed by atoms with Gasteiger partial charge in [0.25, 0.3) is 0 Å². The number of rotatable bonds is 3. The van der Waals surface area contributed by atoms with Gasteiger partial charge >= 0.3 is 5.97 Å². The molecule has 1 heterocycles. The van der Waals surface area contributed by atoms with E-state index in [-0.39, 0.29) is 0 Å². The number of carbonyl (C=O) groups is 1. The van der Waals surface area contributed by atoms with Crippen LogP contribution >= 0.6 is 11.6 Å². The Kier molecular flexibility index (Phi) is 4.02. The predicted octanol–water partition coefficient (Wildman–Crippen LogP) is 3.57. The van der Waals surface area contributed by atoms with Gasteiger partial charge in [-0.1, -0.05) is 29.3 Å². The van der Waals surface area contributed by atoms with Gasteiger partial charge in [-0.15, -0.1) is 0 Å². The van der Waals surface area contributed by atoms with Crippen molar-refractivity contribution in [3.8, 4) is 0 Å². The number of aromatic nitrogens is 1. The number of halogens is 1. The van der Waals surface area contributed by atoms with Gasteiger partial charge in [-0.05, 0) is 25.1 Å². The molecule has 2 rings (SSSR count). The largest absolute Gasteiger partial charge is 0.465 e. The first kappa shape index (κ1) is 13.4. The minimum atomic E-state index is -0.462. The molecular formula is C14H13ClN2O2. The summed E-state index contributed by atoms with van der Waals surface area (Å²) in [7, 11) is 1.31. The molecule has 0 aliphatic rings. The van der Waals surface area contributed by atoms with Gasteiger partial charge in [0.05, 0.1) is 17.7 Å². The molecule has 98 valence electrons. The number of nitrogens with one attached hydrogen (secondary N) is 1. The third-order valence-electron chi connectivity index (χ3n) is 2.58. The normalized spacial score (nSPS) is 10.1.